The van der Waals surface area contributed by atoms with Crippen LogP contribution in [0.3, 0.4) is 0 Å². The molecule has 8 nitrogen and oxygen atoms in total. The Labute approximate surface area is 160 Å². The summed E-state index contributed by atoms with van der Waals surface area (Å²) in [5.41, 5.74) is 5.45. The summed E-state index contributed by atoms with van der Waals surface area (Å²) in [5, 5.41) is 2.89. The lowest BCUT2D eigenvalue weighted by atomic mass is 9.90. The summed E-state index contributed by atoms with van der Waals surface area (Å²) in [6, 6.07) is 4.07. The Hall–Kier alpha value is -1.97. The van der Waals surface area contributed by atoms with Crippen LogP contribution in [0, 0.1) is 5.92 Å². The number of hydrogen-bond donors (Lipinski definition) is 2. The van der Waals surface area contributed by atoms with E-state index < -0.39 is 27.4 Å². The molecule has 0 aromatic heterocycles. The molecular formula is C18H27N3O5S. The summed E-state index contributed by atoms with van der Waals surface area (Å²) in [6.45, 7) is 6.18. The van der Waals surface area contributed by atoms with E-state index in [1.165, 1.54) is 25.3 Å². The largest absolute Gasteiger partial charge is 0.383 e. The molecule has 1 aromatic carbocycles. The van der Waals surface area contributed by atoms with E-state index in [0.717, 1.165) is 4.31 Å². The lowest BCUT2D eigenvalue weighted by Gasteiger charge is -2.31. The van der Waals surface area contributed by atoms with Gasteiger partial charge in [0.05, 0.1) is 18.7 Å². The van der Waals surface area contributed by atoms with Gasteiger partial charge >= 0.3 is 0 Å². The number of nitrogens with zero attached hydrogens (tertiary/aromatic N) is 1. The van der Waals surface area contributed by atoms with E-state index in [1.54, 1.807) is 0 Å². The molecule has 0 saturated heterocycles. The highest BCUT2D eigenvalue weighted by atomic mass is 32.2. The van der Waals surface area contributed by atoms with Gasteiger partial charge < -0.3 is 15.8 Å². The number of carbonyl (C=O) groups excluding carboxylic acids is 2. The number of rotatable bonds is 8. The first-order chi connectivity index (χ1) is 12.6. The van der Waals surface area contributed by atoms with Gasteiger partial charge in [0.1, 0.15) is 4.90 Å². The number of sulfonamides is 1. The van der Waals surface area contributed by atoms with Crippen molar-refractivity contribution < 1.29 is 22.7 Å². The maximum atomic E-state index is 12.7. The second kappa shape index (κ2) is 7.95. The Bertz CT molecular complexity index is 837. The fourth-order valence-corrected chi connectivity index (χ4v) is 4.82. The number of ether oxygens (including phenoxy) is 1. The minimum atomic E-state index is -3.99. The number of fused-ring (bicyclic) bond motifs is 1. The van der Waals surface area contributed by atoms with Crippen molar-refractivity contribution in [3.63, 3.8) is 0 Å². The second-order valence-electron chi connectivity index (χ2n) is 7.40. The van der Waals surface area contributed by atoms with Gasteiger partial charge in [0.2, 0.25) is 0 Å². The van der Waals surface area contributed by atoms with Crippen LogP contribution >= 0.6 is 0 Å². The van der Waals surface area contributed by atoms with E-state index in [4.69, 9.17) is 10.5 Å². The van der Waals surface area contributed by atoms with Gasteiger partial charge in [-0.05, 0) is 37.5 Å². The highest BCUT2D eigenvalue weighted by Crippen LogP contribution is 2.31. The van der Waals surface area contributed by atoms with Gasteiger partial charge in [-0.25, -0.2) is 12.7 Å². The van der Waals surface area contributed by atoms with Crippen molar-refractivity contribution in [2.24, 2.45) is 11.7 Å². The van der Waals surface area contributed by atoms with Gasteiger partial charge in [0.25, 0.3) is 21.8 Å². The minimum absolute atomic E-state index is 0.0615. The van der Waals surface area contributed by atoms with Crippen LogP contribution in [0.1, 0.15) is 47.9 Å². The Morgan fingerprint density at radius 1 is 1.37 bits per heavy atom. The Kier molecular flexibility index (Phi) is 6.28. The molecular weight excluding hydrogens is 370 g/mol. The zero-order chi connectivity index (χ0) is 20.4. The van der Waals surface area contributed by atoms with Gasteiger partial charge in [0.15, 0.2) is 0 Å². The highest BCUT2D eigenvalue weighted by Gasteiger charge is 2.41. The zero-order valence-corrected chi connectivity index (χ0v) is 16.9. The third kappa shape index (κ3) is 4.31. The molecule has 9 heteroatoms. The van der Waals surface area contributed by atoms with E-state index in [-0.39, 0.29) is 35.7 Å². The average Bonchev–Trinajstić information content (AvgIpc) is 2.78. The van der Waals surface area contributed by atoms with Crippen molar-refractivity contribution in [2.75, 3.05) is 26.8 Å². The number of methoxy groups -OCH3 is 1. The Balaban J connectivity index is 2.32. The van der Waals surface area contributed by atoms with Crippen LogP contribution in [-0.4, -0.2) is 56.9 Å². The van der Waals surface area contributed by atoms with Gasteiger partial charge in [0, 0.05) is 24.8 Å². The maximum Gasteiger partial charge on any atom is 0.269 e. The topological polar surface area (TPSA) is 119 Å². The molecule has 1 unspecified atom stereocenters. The summed E-state index contributed by atoms with van der Waals surface area (Å²) in [5.74, 6) is -0.712. The average molecular weight is 397 g/mol. The molecule has 3 N–H and O–H groups in total. The van der Waals surface area contributed by atoms with Gasteiger partial charge in [-0.1, -0.05) is 13.8 Å². The predicted molar refractivity (Wildman–Crippen MR) is 101 cm³/mol. The number of carbonyl (C=O) groups is 2. The number of benzene rings is 1. The fraction of sp³-hybridized carbons (Fsp3) is 0.556. The third-order valence-electron chi connectivity index (χ3n) is 4.49. The van der Waals surface area contributed by atoms with Gasteiger partial charge in [-0.15, -0.1) is 0 Å². The standard InChI is InChI=1S/C18H27N3O5S/c1-12(2)10-18(3,11-19)20-16(22)13-5-6-14-15(9-13)27(24,25)21(17(14)23)7-8-26-4/h5-6,9,12H,7-8,10-11,19H2,1-4H3,(H,20,22). The molecule has 1 aliphatic heterocycles. The van der Waals surface area contributed by atoms with E-state index in [1.807, 2.05) is 20.8 Å². The van der Waals surface area contributed by atoms with Gasteiger partial charge in [-0.3, -0.25) is 9.59 Å². The first kappa shape index (κ1) is 21.3. The maximum absolute atomic E-state index is 12.7. The van der Waals surface area contributed by atoms with Gasteiger partial charge in [-0.2, -0.15) is 0 Å². The highest BCUT2D eigenvalue weighted by molar-refractivity contribution is 7.90. The molecule has 1 heterocycles. The summed E-state index contributed by atoms with van der Waals surface area (Å²) < 4.78 is 31.0. The predicted octanol–water partition coefficient (Wildman–Crippen LogP) is 0.971. The van der Waals surface area contributed by atoms with Crippen LogP contribution in [0.2, 0.25) is 0 Å². The van der Waals surface area contributed by atoms with Crippen LogP contribution in [0.5, 0.6) is 0 Å². The second-order valence-corrected chi connectivity index (χ2v) is 9.23. The summed E-state index contributed by atoms with van der Waals surface area (Å²) in [7, 11) is -2.57. The summed E-state index contributed by atoms with van der Waals surface area (Å²) >= 11 is 0. The smallest absolute Gasteiger partial charge is 0.269 e. The molecule has 0 bridgehead atoms. The molecule has 1 aromatic rings. The Morgan fingerprint density at radius 3 is 2.59 bits per heavy atom. The molecule has 0 aliphatic carbocycles. The normalized spacial score (nSPS) is 17.7. The molecule has 0 fully saturated rings. The van der Waals surface area contributed by atoms with Crippen LogP contribution in [0.15, 0.2) is 23.1 Å². The SMILES string of the molecule is COCCN1C(=O)c2ccc(C(=O)NC(C)(CN)CC(C)C)cc2S1(=O)=O. The molecule has 27 heavy (non-hydrogen) atoms. The summed E-state index contributed by atoms with van der Waals surface area (Å²) in [4.78, 5) is 24.9. The minimum Gasteiger partial charge on any atom is -0.383 e. The monoisotopic (exact) mass is 397 g/mol. The third-order valence-corrected chi connectivity index (χ3v) is 6.31. The molecule has 0 spiro atoms. The van der Waals surface area contributed by atoms with E-state index in [0.29, 0.717) is 12.3 Å². The molecule has 2 amide bonds. The summed E-state index contributed by atoms with van der Waals surface area (Å²) in [6.07, 6.45) is 0.682. The zero-order valence-electron chi connectivity index (χ0n) is 16.1. The lowest BCUT2D eigenvalue weighted by molar-refractivity contribution is 0.0834. The van der Waals surface area contributed by atoms with Crippen LogP contribution in [0.4, 0.5) is 0 Å². The first-order valence-corrected chi connectivity index (χ1v) is 10.2. The first-order valence-electron chi connectivity index (χ1n) is 8.78. The molecule has 1 atom stereocenters. The molecule has 1 aliphatic rings. The van der Waals surface area contributed by atoms with Crippen LogP contribution in [0.25, 0.3) is 0 Å². The van der Waals surface area contributed by atoms with Crippen molar-refractivity contribution in [3.05, 3.63) is 29.3 Å². The van der Waals surface area contributed by atoms with Crippen molar-refractivity contribution in [1.29, 1.82) is 0 Å². The quantitative estimate of drug-likeness (QED) is 0.675. The Morgan fingerprint density at radius 2 is 2.04 bits per heavy atom. The van der Waals surface area contributed by atoms with Crippen molar-refractivity contribution in [1.82, 2.24) is 9.62 Å². The van der Waals surface area contributed by atoms with Crippen LogP contribution < -0.4 is 11.1 Å². The van der Waals surface area contributed by atoms with E-state index >= 15 is 0 Å². The van der Waals surface area contributed by atoms with Crippen molar-refractivity contribution >= 4 is 21.8 Å². The molecule has 0 radical (unpaired) electrons. The number of nitrogens with two attached hydrogens (primary N) is 1. The fourth-order valence-electron chi connectivity index (χ4n) is 3.24. The van der Waals surface area contributed by atoms with E-state index in [9.17, 15) is 18.0 Å². The lowest BCUT2D eigenvalue weighted by Crippen LogP contribution is -2.52. The molecule has 150 valence electrons. The van der Waals surface area contributed by atoms with Crippen LogP contribution in [-0.2, 0) is 14.8 Å². The van der Waals surface area contributed by atoms with Crippen molar-refractivity contribution in [3.8, 4) is 0 Å². The number of amides is 2. The van der Waals surface area contributed by atoms with E-state index in [2.05, 4.69) is 5.32 Å². The number of nitrogens with one attached hydrogen (secondary N) is 1. The molecule has 2 rings (SSSR count). The molecule has 0 saturated carbocycles. The number of hydrogen-bond acceptors (Lipinski definition) is 6. The van der Waals surface area contributed by atoms with Crippen molar-refractivity contribution in [2.45, 2.75) is 37.6 Å².